The van der Waals surface area contributed by atoms with Gasteiger partial charge in [0.1, 0.15) is 5.82 Å². The summed E-state index contributed by atoms with van der Waals surface area (Å²) in [5.74, 6) is -1.58. The summed E-state index contributed by atoms with van der Waals surface area (Å²) in [5, 5.41) is 10.3. The van der Waals surface area contributed by atoms with Crippen molar-refractivity contribution in [2.24, 2.45) is 0 Å². The Bertz CT molecular complexity index is 1010. The van der Waals surface area contributed by atoms with Gasteiger partial charge in [-0.15, -0.1) is 0 Å². The Morgan fingerprint density at radius 2 is 1.85 bits per heavy atom. The Kier molecular flexibility index (Phi) is 4.49. The molecule has 0 radical (unpaired) electrons. The molecular weight excluding hydrogens is 347 g/mol. The standard InChI is InChI=1S/C21H19FN2O3/c1-13-2-4-14(5-3-13)19-20(24-8-10-27-11-9-24)18(21(25)26)16-12-15(22)6-7-17(16)23-19/h2-7,12H,8-11H2,1H3,(H,25,26). The highest BCUT2D eigenvalue weighted by molar-refractivity contribution is 6.10. The first-order chi connectivity index (χ1) is 13.0. The zero-order valence-corrected chi connectivity index (χ0v) is 14.9. The summed E-state index contributed by atoms with van der Waals surface area (Å²) in [6, 6.07) is 11.9. The minimum atomic E-state index is -1.09. The SMILES string of the molecule is Cc1ccc(-c2nc3ccc(F)cc3c(C(=O)O)c2N2CCOCC2)cc1. The van der Waals surface area contributed by atoms with Gasteiger partial charge in [0.05, 0.1) is 35.7 Å². The van der Waals surface area contributed by atoms with Crippen LogP contribution in [0.25, 0.3) is 22.2 Å². The van der Waals surface area contributed by atoms with Gasteiger partial charge in [-0.3, -0.25) is 0 Å². The first-order valence-electron chi connectivity index (χ1n) is 8.81. The lowest BCUT2D eigenvalue weighted by Crippen LogP contribution is -2.37. The molecule has 5 nitrogen and oxygen atoms in total. The Balaban J connectivity index is 2.06. The van der Waals surface area contributed by atoms with Gasteiger partial charge < -0.3 is 14.7 Å². The van der Waals surface area contributed by atoms with Crippen LogP contribution in [0, 0.1) is 12.7 Å². The van der Waals surface area contributed by atoms with Gasteiger partial charge in [0.2, 0.25) is 0 Å². The van der Waals surface area contributed by atoms with Gasteiger partial charge >= 0.3 is 5.97 Å². The zero-order valence-electron chi connectivity index (χ0n) is 14.9. The van der Waals surface area contributed by atoms with E-state index in [1.807, 2.05) is 36.1 Å². The highest BCUT2D eigenvalue weighted by Crippen LogP contribution is 2.37. The first kappa shape index (κ1) is 17.4. The van der Waals surface area contributed by atoms with E-state index in [-0.39, 0.29) is 5.56 Å². The number of benzene rings is 2. The fourth-order valence-electron chi connectivity index (χ4n) is 3.45. The number of ether oxygens (including phenoxy) is 1. The molecule has 0 atom stereocenters. The number of halogens is 1. The molecule has 4 rings (SSSR count). The van der Waals surface area contributed by atoms with E-state index in [1.54, 1.807) is 0 Å². The van der Waals surface area contributed by atoms with Crippen molar-refractivity contribution in [1.82, 2.24) is 4.98 Å². The van der Waals surface area contributed by atoms with E-state index in [4.69, 9.17) is 9.72 Å². The molecule has 1 fully saturated rings. The van der Waals surface area contributed by atoms with Crippen LogP contribution in [-0.4, -0.2) is 42.4 Å². The quantitative estimate of drug-likeness (QED) is 0.762. The van der Waals surface area contributed by atoms with E-state index < -0.39 is 11.8 Å². The van der Waals surface area contributed by atoms with Gasteiger partial charge in [-0.2, -0.15) is 0 Å². The molecule has 1 saturated heterocycles. The largest absolute Gasteiger partial charge is 0.478 e. The second-order valence-electron chi connectivity index (χ2n) is 6.62. The minimum Gasteiger partial charge on any atom is -0.478 e. The van der Waals surface area contributed by atoms with Crippen LogP contribution in [0.5, 0.6) is 0 Å². The van der Waals surface area contributed by atoms with E-state index in [0.29, 0.717) is 48.6 Å². The number of carbonyl (C=O) groups is 1. The number of hydrogen-bond acceptors (Lipinski definition) is 4. The number of aromatic carboxylic acids is 1. The van der Waals surface area contributed by atoms with Crippen LogP contribution in [-0.2, 0) is 4.74 Å². The average molecular weight is 366 g/mol. The van der Waals surface area contributed by atoms with Crippen LogP contribution in [0.4, 0.5) is 10.1 Å². The molecule has 0 unspecified atom stereocenters. The molecule has 27 heavy (non-hydrogen) atoms. The number of morpholine rings is 1. The van der Waals surface area contributed by atoms with Gasteiger partial charge in [0.25, 0.3) is 0 Å². The number of carboxylic acids is 1. The average Bonchev–Trinajstić information content (AvgIpc) is 2.67. The van der Waals surface area contributed by atoms with Gasteiger partial charge in [-0.1, -0.05) is 29.8 Å². The third-order valence-corrected chi connectivity index (χ3v) is 4.79. The lowest BCUT2D eigenvalue weighted by Gasteiger charge is -2.32. The Hall–Kier alpha value is -2.99. The number of rotatable bonds is 3. The molecule has 2 aromatic carbocycles. The number of carboxylic acid groups (broad SMARTS) is 1. The molecule has 2 heterocycles. The number of anilines is 1. The molecule has 0 bridgehead atoms. The van der Waals surface area contributed by atoms with Crippen molar-refractivity contribution in [3.05, 3.63) is 59.4 Å². The monoisotopic (exact) mass is 366 g/mol. The molecule has 1 aliphatic heterocycles. The van der Waals surface area contributed by atoms with Crippen molar-refractivity contribution in [1.29, 1.82) is 0 Å². The van der Waals surface area contributed by atoms with Crippen molar-refractivity contribution < 1.29 is 19.0 Å². The van der Waals surface area contributed by atoms with E-state index in [2.05, 4.69) is 0 Å². The van der Waals surface area contributed by atoms with Crippen LogP contribution < -0.4 is 4.90 Å². The van der Waals surface area contributed by atoms with Crippen LogP contribution in [0.1, 0.15) is 15.9 Å². The highest BCUT2D eigenvalue weighted by Gasteiger charge is 2.26. The molecule has 138 valence electrons. The topological polar surface area (TPSA) is 62.7 Å². The van der Waals surface area contributed by atoms with Gasteiger partial charge in [-0.25, -0.2) is 14.2 Å². The molecule has 0 aliphatic carbocycles. The lowest BCUT2D eigenvalue weighted by atomic mass is 9.99. The predicted octanol–water partition coefficient (Wildman–Crippen LogP) is 3.88. The summed E-state index contributed by atoms with van der Waals surface area (Å²) in [6.45, 7) is 4.12. The maximum absolute atomic E-state index is 13.9. The maximum atomic E-state index is 13.9. The molecule has 0 saturated carbocycles. The normalized spacial score (nSPS) is 14.5. The Labute approximate surface area is 156 Å². The smallest absolute Gasteiger partial charge is 0.338 e. The fraction of sp³-hybridized carbons (Fsp3) is 0.238. The van der Waals surface area contributed by atoms with Crippen LogP contribution in [0.2, 0.25) is 0 Å². The minimum absolute atomic E-state index is 0.0805. The lowest BCUT2D eigenvalue weighted by molar-refractivity contribution is 0.0698. The van der Waals surface area contributed by atoms with Crippen molar-refractivity contribution in [3.63, 3.8) is 0 Å². The summed E-state index contributed by atoms with van der Waals surface area (Å²) in [4.78, 5) is 18.9. The Morgan fingerprint density at radius 1 is 1.15 bits per heavy atom. The third-order valence-electron chi connectivity index (χ3n) is 4.79. The number of hydrogen-bond donors (Lipinski definition) is 1. The van der Waals surface area contributed by atoms with E-state index >= 15 is 0 Å². The molecule has 0 spiro atoms. The van der Waals surface area contributed by atoms with E-state index in [9.17, 15) is 14.3 Å². The zero-order chi connectivity index (χ0) is 19.0. The number of pyridine rings is 1. The molecule has 6 heteroatoms. The van der Waals surface area contributed by atoms with Crippen molar-refractivity contribution in [2.45, 2.75) is 6.92 Å². The van der Waals surface area contributed by atoms with Gasteiger partial charge in [0, 0.05) is 24.0 Å². The summed E-state index contributed by atoms with van der Waals surface area (Å²) in [7, 11) is 0. The summed E-state index contributed by atoms with van der Waals surface area (Å²) < 4.78 is 19.3. The highest BCUT2D eigenvalue weighted by atomic mass is 19.1. The Morgan fingerprint density at radius 3 is 2.52 bits per heavy atom. The third kappa shape index (κ3) is 3.24. The van der Waals surface area contributed by atoms with Gasteiger partial charge in [0.15, 0.2) is 0 Å². The predicted molar refractivity (Wildman–Crippen MR) is 102 cm³/mol. The van der Waals surface area contributed by atoms with Crippen molar-refractivity contribution in [2.75, 3.05) is 31.2 Å². The van der Waals surface area contributed by atoms with E-state index in [1.165, 1.54) is 18.2 Å². The summed E-state index contributed by atoms with van der Waals surface area (Å²) in [6.07, 6.45) is 0. The van der Waals surface area contributed by atoms with Crippen LogP contribution >= 0.6 is 0 Å². The van der Waals surface area contributed by atoms with Crippen molar-refractivity contribution in [3.8, 4) is 11.3 Å². The van der Waals surface area contributed by atoms with Crippen LogP contribution in [0.3, 0.4) is 0 Å². The molecule has 0 amide bonds. The molecule has 3 aromatic rings. The summed E-state index contributed by atoms with van der Waals surface area (Å²) in [5.41, 5.74) is 3.59. The second kappa shape index (κ2) is 6.96. The van der Waals surface area contributed by atoms with E-state index in [0.717, 1.165) is 11.1 Å². The first-order valence-corrected chi connectivity index (χ1v) is 8.81. The number of aromatic nitrogens is 1. The molecule has 1 aliphatic rings. The number of aryl methyl sites for hydroxylation is 1. The summed E-state index contributed by atoms with van der Waals surface area (Å²) >= 11 is 0. The van der Waals surface area contributed by atoms with Gasteiger partial charge in [-0.05, 0) is 25.1 Å². The molecule has 1 aromatic heterocycles. The molecular formula is C21H19FN2O3. The molecule has 1 N–H and O–H groups in total. The second-order valence-corrected chi connectivity index (χ2v) is 6.62. The number of nitrogens with zero attached hydrogens (tertiary/aromatic N) is 2. The van der Waals surface area contributed by atoms with Crippen LogP contribution in [0.15, 0.2) is 42.5 Å². The fourth-order valence-corrected chi connectivity index (χ4v) is 3.45. The van der Waals surface area contributed by atoms with Crippen molar-refractivity contribution >= 4 is 22.6 Å². The number of fused-ring (bicyclic) bond motifs is 1. The maximum Gasteiger partial charge on any atom is 0.338 e.